The number of benzene rings is 2. The smallest absolute Gasteiger partial charge is 0.262 e. The molecule has 8 nitrogen and oxygen atoms in total. The Balaban J connectivity index is 1.78. The second-order valence-corrected chi connectivity index (χ2v) is 7.70. The molecule has 3 rings (SSSR count). The lowest BCUT2D eigenvalue weighted by Gasteiger charge is -2.23. The Bertz CT molecular complexity index is 1180. The van der Waals surface area contributed by atoms with Crippen molar-refractivity contribution in [2.45, 2.75) is 33.4 Å². The van der Waals surface area contributed by atoms with Crippen LogP contribution in [0.15, 0.2) is 53.3 Å². The van der Waals surface area contributed by atoms with Gasteiger partial charge in [0.1, 0.15) is 6.04 Å². The van der Waals surface area contributed by atoms with Gasteiger partial charge in [-0.05, 0) is 37.1 Å². The SMILES string of the molecule is CCn1c(NNC(=O)C(NC(=O)c2ccccc2Cl)C(C)C)nc2ccccc2c1=O. The van der Waals surface area contributed by atoms with Gasteiger partial charge < -0.3 is 5.32 Å². The summed E-state index contributed by atoms with van der Waals surface area (Å²) >= 11 is 6.08. The van der Waals surface area contributed by atoms with E-state index in [-0.39, 0.29) is 23.0 Å². The summed E-state index contributed by atoms with van der Waals surface area (Å²) in [6, 6.07) is 12.8. The van der Waals surface area contributed by atoms with Crippen LogP contribution >= 0.6 is 11.6 Å². The molecule has 3 N–H and O–H groups in total. The van der Waals surface area contributed by atoms with E-state index < -0.39 is 17.9 Å². The molecule has 0 saturated heterocycles. The number of carbonyl (C=O) groups excluding carboxylic acids is 2. The fourth-order valence-corrected chi connectivity index (χ4v) is 3.37. The molecule has 0 aliphatic heterocycles. The van der Waals surface area contributed by atoms with Crippen LogP contribution in [0.2, 0.25) is 5.02 Å². The zero-order valence-corrected chi connectivity index (χ0v) is 18.2. The van der Waals surface area contributed by atoms with Crippen LogP contribution in [0.3, 0.4) is 0 Å². The number of amides is 2. The van der Waals surface area contributed by atoms with Crippen LogP contribution in [0.1, 0.15) is 31.1 Å². The fourth-order valence-electron chi connectivity index (χ4n) is 3.15. The molecule has 9 heteroatoms. The average molecular weight is 442 g/mol. The Hall–Kier alpha value is -3.39. The number of nitrogens with one attached hydrogen (secondary N) is 3. The molecule has 0 radical (unpaired) electrons. The van der Waals surface area contributed by atoms with Crippen LogP contribution in [0, 0.1) is 5.92 Å². The topological polar surface area (TPSA) is 105 Å². The van der Waals surface area contributed by atoms with E-state index in [0.29, 0.717) is 22.5 Å². The maximum Gasteiger partial charge on any atom is 0.262 e. The number of aromatic nitrogens is 2. The summed E-state index contributed by atoms with van der Waals surface area (Å²) in [5.74, 6) is -0.917. The predicted molar refractivity (Wildman–Crippen MR) is 121 cm³/mol. The molecule has 1 atom stereocenters. The van der Waals surface area contributed by atoms with Crippen LogP contribution in [-0.2, 0) is 11.3 Å². The van der Waals surface area contributed by atoms with E-state index >= 15 is 0 Å². The summed E-state index contributed by atoms with van der Waals surface area (Å²) in [6.45, 7) is 5.80. The molecule has 3 aromatic rings. The first-order valence-corrected chi connectivity index (χ1v) is 10.3. The first-order chi connectivity index (χ1) is 14.8. The van der Waals surface area contributed by atoms with Gasteiger partial charge in [0.25, 0.3) is 17.4 Å². The van der Waals surface area contributed by atoms with Crippen molar-refractivity contribution in [3.63, 3.8) is 0 Å². The third-order valence-electron chi connectivity index (χ3n) is 4.83. The van der Waals surface area contributed by atoms with Crippen molar-refractivity contribution in [1.29, 1.82) is 0 Å². The van der Waals surface area contributed by atoms with Gasteiger partial charge in [0, 0.05) is 6.54 Å². The largest absolute Gasteiger partial charge is 0.340 e. The van der Waals surface area contributed by atoms with Crippen molar-refractivity contribution in [2.75, 3.05) is 5.43 Å². The van der Waals surface area contributed by atoms with Gasteiger partial charge in [-0.2, -0.15) is 0 Å². The summed E-state index contributed by atoms with van der Waals surface area (Å²) in [4.78, 5) is 42.6. The van der Waals surface area contributed by atoms with E-state index in [2.05, 4.69) is 21.2 Å². The van der Waals surface area contributed by atoms with Gasteiger partial charge in [-0.3, -0.25) is 29.8 Å². The molecular weight excluding hydrogens is 418 g/mol. The van der Waals surface area contributed by atoms with Gasteiger partial charge in [0.05, 0.1) is 21.5 Å². The molecule has 0 spiro atoms. The number of hydrazine groups is 1. The summed E-state index contributed by atoms with van der Waals surface area (Å²) in [5, 5.41) is 3.51. The van der Waals surface area contributed by atoms with Gasteiger partial charge in [0.2, 0.25) is 5.95 Å². The lowest BCUT2D eigenvalue weighted by molar-refractivity contribution is -0.123. The highest BCUT2D eigenvalue weighted by atomic mass is 35.5. The van der Waals surface area contributed by atoms with Crippen LogP contribution < -0.4 is 21.7 Å². The molecule has 0 bridgehead atoms. The number of para-hydroxylation sites is 1. The second kappa shape index (κ2) is 9.61. The Morgan fingerprint density at radius 2 is 1.77 bits per heavy atom. The molecule has 0 aliphatic carbocycles. The number of anilines is 1. The molecule has 0 fully saturated rings. The minimum atomic E-state index is -0.835. The third kappa shape index (κ3) is 4.86. The van der Waals surface area contributed by atoms with E-state index in [1.807, 2.05) is 20.8 Å². The van der Waals surface area contributed by atoms with Crippen LogP contribution in [0.4, 0.5) is 5.95 Å². The highest BCUT2D eigenvalue weighted by molar-refractivity contribution is 6.33. The molecular formula is C22H24ClN5O3. The maximum absolute atomic E-state index is 12.8. The Morgan fingerprint density at radius 3 is 2.45 bits per heavy atom. The lowest BCUT2D eigenvalue weighted by Crippen LogP contribution is -2.51. The zero-order chi connectivity index (χ0) is 22.5. The number of hydrogen-bond donors (Lipinski definition) is 3. The molecule has 2 amide bonds. The van der Waals surface area contributed by atoms with Gasteiger partial charge in [-0.15, -0.1) is 0 Å². The average Bonchev–Trinajstić information content (AvgIpc) is 2.76. The number of rotatable bonds is 7. The number of carbonyl (C=O) groups is 2. The number of fused-ring (bicyclic) bond motifs is 1. The number of nitrogens with zero attached hydrogens (tertiary/aromatic N) is 2. The summed E-state index contributed by atoms with van der Waals surface area (Å²) in [7, 11) is 0. The molecule has 31 heavy (non-hydrogen) atoms. The number of hydrogen-bond acceptors (Lipinski definition) is 5. The minimum Gasteiger partial charge on any atom is -0.340 e. The zero-order valence-electron chi connectivity index (χ0n) is 17.5. The van der Waals surface area contributed by atoms with Gasteiger partial charge in [0.15, 0.2) is 0 Å². The standard InChI is InChI=1S/C22H24ClN5O3/c1-4-28-21(31)15-10-6-8-12-17(15)24-22(28)27-26-20(30)18(13(2)3)25-19(29)14-9-5-7-11-16(14)23/h5-13,18H,4H2,1-3H3,(H,24,27)(H,25,29)(H,26,30). The Labute approximate surface area is 184 Å². The molecule has 2 aromatic carbocycles. The highest BCUT2D eigenvalue weighted by Gasteiger charge is 2.25. The summed E-state index contributed by atoms with van der Waals surface area (Å²) < 4.78 is 1.43. The van der Waals surface area contributed by atoms with E-state index in [1.165, 1.54) is 4.57 Å². The molecule has 0 saturated carbocycles. The van der Waals surface area contributed by atoms with Crippen molar-refractivity contribution in [1.82, 2.24) is 20.3 Å². The molecule has 1 aromatic heterocycles. The Morgan fingerprint density at radius 1 is 1.10 bits per heavy atom. The van der Waals surface area contributed by atoms with Crippen molar-refractivity contribution >= 4 is 40.3 Å². The normalized spacial score (nSPS) is 11.9. The van der Waals surface area contributed by atoms with Crippen LogP contribution in [0.25, 0.3) is 10.9 Å². The van der Waals surface area contributed by atoms with Crippen LogP contribution in [-0.4, -0.2) is 27.4 Å². The maximum atomic E-state index is 12.8. The number of halogens is 1. The quantitative estimate of drug-likeness (QED) is 0.489. The third-order valence-corrected chi connectivity index (χ3v) is 5.16. The van der Waals surface area contributed by atoms with Crippen molar-refractivity contribution in [3.05, 3.63) is 69.5 Å². The van der Waals surface area contributed by atoms with E-state index in [4.69, 9.17) is 11.6 Å². The monoisotopic (exact) mass is 441 g/mol. The van der Waals surface area contributed by atoms with Crippen LogP contribution in [0.5, 0.6) is 0 Å². The highest BCUT2D eigenvalue weighted by Crippen LogP contribution is 2.16. The first kappa shape index (κ1) is 22.3. The minimum absolute atomic E-state index is 0.203. The van der Waals surface area contributed by atoms with E-state index in [1.54, 1.807) is 48.5 Å². The van der Waals surface area contributed by atoms with E-state index in [0.717, 1.165) is 0 Å². The molecule has 1 heterocycles. The van der Waals surface area contributed by atoms with Gasteiger partial charge in [-0.1, -0.05) is 49.7 Å². The van der Waals surface area contributed by atoms with Gasteiger partial charge in [-0.25, -0.2) is 4.98 Å². The second-order valence-electron chi connectivity index (χ2n) is 7.29. The molecule has 1 unspecified atom stereocenters. The summed E-state index contributed by atoms with van der Waals surface area (Å²) in [5.41, 5.74) is 5.88. The van der Waals surface area contributed by atoms with Crippen molar-refractivity contribution in [2.24, 2.45) is 5.92 Å². The fraction of sp³-hybridized carbons (Fsp3) is 0.273. The van der Waals surface area contributed by atoms with Crippen molar-refractivity contribution < 1.29 is 9.59 Å². The molecule has 0 aliphatic rings. The first-order valence-electron chi connectivity index (χ1n) is 9.94. The lowest BCUT2D eigenvalue weighted by atomic mass is 10.0. The van der Waals surface area contributed by atoms with Gasteiger partial charge >= 0.3 is 0 Å². The predicted octanol–water partition coefficient (Wildman–Crippen LogP) is 2.97. The van der Waals surface area contributed by atoms with Crippen molar-refractivity contribution in [3.8, 4) is 0 Å². The summed E-state index contributed by atoms with van der Waals surface area (Å²) in [6.07, 6.45) is 0. The van der Waals surface area contributed by atoms with E-state index in [9.17, 15) is 14.4 Å². The Kier molecular flexibility index (Phi) is 6.91. The molecule has 162 valence electrons.